The number of nitrogens with zero attached hydrogens (tertiary/aromatic N) is 2. The first-order valence-electron chi connectivity index (χ1n) is 7.27. The number of hydrogen-bond donors (Lipinski definition) is 1. The highest BCUT2D eigenvalue weighted by Crippen LogP contribution is 2.43. The van der Waals surface area contributed by atoms with Crippen LogP contribution in [0.15, 0.2) is 30.7 Å². The lowest BCUT2D eigenvalue weighted by Crippen LogP contribution is -2.25. The van der Waals surface area contributed by atoms with Crippen molar-refractivity contribution in [2.24, 2.45) is 5.73 Å². The number of rotatable bonds is 2. The molecule has 2 aromatic rings. The number of aromatic nitrogens is 2. The molecule has 1 aromatic carbocycles. The predicted octanol–water partition coefficient (Wildman–Crippen LogP) is 3.05. The van der Waals surface area contributed by atoms with Gasteiger partial charge in [0.1, 0.15) is 11.9 Å². The monoisotopic (exact) mass is 269 g/mol. The van der Waals surface area contributed by atoms with E-state index in [-0.39, 0.29) is 12.1 Å². The summed E-state index contributed by atoms with van der Waals surface area (Å²) in [6.45, 7) is 2.08. The van der Waals surface area contributed by atoms with Crippen LogP contribution in [0.1, 0.15) is 54.3 Å². The average Bonchev–Trinajstić information content (AvgIpc) is 3.17. The second kappa shape index (κ2) is 4.35. The van der Waals surface area contributed by atoms with E-state index in [1.807, 2.05) is 18.6 Å². The van der Waals surface area contributed by atoms with Crippen molar-refractivity contribution >= 4 is 0 Å². The molecule has 2 N–H and O–H groups in total. The fourth-order valence-corrected chi connectivity index (χ4v) is 3.03. The summed E-state index contributed by atoms with van der Waals surface area (Å²) in [6.07, 6.45) is 7.18. The van der Waals surface area contributed by atoms with E-state index in [2.05, 4.69) is 28.6 Å². The maximum absolute atomic E-state index is 6.34. The molecule has 1 aliphatic heterocycles. The van der Waals surface area contributed by atoms with Crippen molar-refractivity contribution in [3.8, 4) is 5.75 Å². The van der Waals surface area contributed by atoms with Gasteiger partial charge < -0.3 is 15.0 Å². The molecule has 4 heteroatoms. The molecule has 1 fully saturated rings. The third-order valence-corrected chi connectivity index (χ3v) is 4.27. The van der Waals surface area contributed by atoms with Crippen LogP contribution in [0, 0.1) is 6.92 Å². The lowest BCUT2D eigenvalue weighted by Gasteiger charge is -2.31. The zero-order chi connectivity index (χ0) is 13.7. The van der Waals surface area contributed by atoms with Crippen LogP contribution in [-0.4, -0.2) is 9.55 Å². The molecule has 2 aliphatic rings. The Bertz CT molecular complexity index is 645. The van der Waals surface area contributed by atoms with E-state index in [9.17, 15) is 0 Å². The highest BCUT2D eigenvalue weighted by atomic mass is 16.5. The van der Waals surface area contributed by atoms with Gasteiger partial charge in [0.15, 0.2) is 0 Å². The van der Waals surface area contributed by atoms with Gasteiger partial charge in [0.2, 0.25) is 0 Å². The number of hydrogen-bond acceptors (Lipinski definition) is 3. The molecule has 1 aromatic heterocycles. The number of ether oxygens (including phenoxy) is 1. The average molecular weight is 269 g/mol. The second-order valence-corrected chi connectivity index (χ2v) is 5.95. The number of benzene rings is 1. The minimum atomic E-state index is 0.0170. The zero-order valence-electron chi connectivity index (χ0n) is 11.6. The van der Waals surface area contributed by atoms with E-state index < -0.39 is 0 Å². The summed E-state index contributed by atoms with van der Waals surface area (Å²) in [6, 6.07) is 6.90. The van der Waals surface area contributed by atoms with Gasteiger partial charge in [-0.05, 0) is 25.8 Å². The number of imidazole rings is 1. The lowest BCUT2D eigenvalue weighted by atomic mass is 9.94. The maximum atomic E-state index is 6.34. The Labute approximate surface area is 118 Å². The van der Waals surface area contributed by atoms with Crippen LogP contribution in [0.4, 0.5) is 0 Å². The van der Waals surface area contributed by atoms with Crippen molar-refractivity contribution in [1.82, 2.24) is 9.55 Å². The Morgan fingerprint density at radius 1 is 1.35 bits per heavy atom. The van der Waals surface area contributed by atoms with Crippen molar-refractivity contribution in [2.45, 2.75) is 44.4 Å². The zero-order valence-corrected chi connectivity index (χ0v) is 11.6. The van der Waals surface area contributed by atoms with Gasteiger partial charge in [0.05, 0.1) is 18.2 Å². The van der Waals surface area contributed by atoms with E-state index in [1.165, 1.54) is 18.4 Å². The molecule has 1 saturated carbocycles. The Morgan fingerprint density at radius 2 is 2.20 bits per heavy atom. The number of nitrogens with two attached hydrogens (primary N) is 1. The van der Waals surface area contributed by atoms with Gasteiger partial charge in [0.25, 0.3) is 0 Å². The van der Waals surface area contributed by atoms with Crippen LogP contribution >= 0.6 is 0 Å². The Kier molecular flexibility index (Phi) is 2.60. The molecule has 0 radical (unpaired) electrons. The minimum Gasteiger partial charge on any atom is -0.484 e. The molecule has 104 valence electrons. The smallest absolute Gasteiger partial charge is 0.142 e. The summed E-state index contributed by atoms with van der Waals surface area (Å²) in [5, 5.41) is 0. The van der Waals surface area contributed by atoms with Crippen LogP contribution in [0.3, 0.4) is 0 Å². The van der Waals surface area contributed by atoms with E-state index >= 15 is 0 Å². The van der Waals surface area contributed by atoms with E-state index in [1.54, 1.807) is 0 Å². The summed E-state index contributed by atoms with van der Waals surface area (Å²) >= 11 is 0. The lowest BCUT2D eigenvalue weighted by molar-refractivity contribution is 0.153. The van der Waals surface area contributed by atoms with Crippen LogP contribution in [0.5, 0.6) is 5.75 Å². The molecule has 2 heterocycles. The van der Waals surface area contributed by atoms with Gasteiger partial charge in [-0.15, -0.1) is 0 Å². The molecular weight excluding hydrogens is 250 g/mol. The molecule has 0 spiro atoms. The van der Waals surface area contributed by atoms with Crippen molar-refractivity contribution < 1.29 is 4.74 Å². The first kappa shape index (κ1) is 12.0. The van der Waals surface area contributed by atoms with Gasteiger partial charge in [-0.1, -0.05) is 17.7 Å². The van der Waals surface area contributed by atoms with Gasteiger partial charge in [-0.25, -0.2) is 4.98 Å². The minimum absolute atomic E-state index is 0.0170. The predicted molar refractivity (Wildman–Crippen MR) is 76.6 cm³/mol. The molecule has 0 saturated heterocycles. The van der Waals surface area contributed by atoms with Crippen molar-refractivity contribution in [2.75, 3.05) is 0 Å². The van der Waals surface area contributed by atoms with Gasteiger partial charge in [-0.3, -0.25) is 0 Å². The van der Waals surface area contributed by atoms with Gasteiger partial charge >= 0.3 is 0 Å². The highest BCUT2D eigenvalue weighted by molar-refractivity contribution is 5.41. The third-order valence-electron chi connectivity index (χ3n) is 4.27. The second-order valence-electron chi connectivity index (χ2n) is 5.95. The third kappa shape index (κ3) is 1.91. The fraction of sp³-hybridized carbons (Fsp3) is 0.438. The quantitative estimate of drug-likeness (QED) is 0.911. The maximum Gasteiger partial charge on any atom is 0.142 e. The van der Waals surface area contributed by atoms with Crippen molar-refractivity contribution in [3.63, 3.8) is 0 Å². The van der Waals surface area contributed by atoms with Crippen molar-refractivity contribution in [1.29, 1.82) is 0 Å². The van der Waals surface area contributed by atoms with Gasteiger partial charge in [-0.2, -0.15) is 0 Å². The van der Waals surface area contributed by atoms with E-state index in [4.69, 9.17) is 10.5 Å². The Morgan fingerprint density at radius 3 is 3.00 bits per heavy atom. The summed E-state index contributed by atoms with van der Waals surface area (Å²) < 4.78 is 8.44. The molecule has 4 rings (SSSR count). The normalized spacial score (nSPS) is 25.1. The summed E-state index contributed by atoms with van der Waals surface area (Å²) in [5.74, 6) is 0.919. The standard InChI is InChI=1S/C16H19N3O/c1-10-2-5-15-12(6-10)13(17)7-16(20-15)14-8-18-9-19(14)11-3-4-11/h2,5-6,8-9,11,13,16H,3-4,7,17H2,1H3/t13-,16?/m1/s1. The Hall–Kier alpha value is -1.81. The number of fused-ring (bicyclic) bond motifs is 1. The SMILES string of the molecule is Cc1ccc2c(c1)[C@H](N)CC(c1cncn1C1CC1)O2. The first-order valence-corrected chi connectivity index (χ1v) is 7.27. The largest absolute Gasteiger partial charge is 0.484 e. The van der Waals surface area contributed by atoms with Gasteiger partial charge in [0, 0.05) is 24.1 Å². The highest BCUT2D eigenvalue weighted by Gasteiger charge is 2.32. The van der Waals surface area contributed by atoms with Crippen LogP contribution in [0.25, 0.3) is 0 Å². The van der Waals surface area contributed by atoms with Crippen molar-refractivity contribution in [3.05, 3.63) is 47.5 Å². The van der Waals surface area contributed by atoms with Crippen LogP contribution in [-0.2, 0) is 0 Å². The summed E-state index contributed by atoms with van der Waals surface area (Å²) in [4.78, 5) is 4.30. The molecule has 0 bridgehead atoms. The topological polar surface area (TPSA) is 53.1 Å². The molecule has 1 unspecified atom stereocenters. The molecular formula is C16H19N3O. The molecule has 2 atom stereocenters. The molecule has 1 aliphatic carbocycles. The fourth-order valence-electron chi connectivity index (χ4n) is 3.03. The summed E-state index contributed by atoms with van der Waals surface area (Å²) in [7, 11) is 0. The molecule has 20 heavy (non-hydrogen) atoms. The number of aryl methyl sites for hydroxylation is 1. The summed E-state index contributed by atoms with van der Waals surface area (Å²) in [5.41, 5.74) is 9.86. The Balaban J connectivity index is 1.68. The molecule has 4 nitrogen and oxygen atoms in total. The van der Waals surface area contributed by atoms with E-state index in [0.29, 0.717) is 6.04 Å². The van der Waals surface area contributed by atoms with Crippen LogP contribution < -0.4 is 10.5 Å². The van der Waals surface area contributed by atoms with E-state index in [0.717, 1.165) is 23.4 Å². The molecule has 0 amide bonds. The van der Waals surface area contributed by atoms with Crippen LogP contribution in [0.2, 0.25) is 0 Å². The first-order chi connectivity index (χ1) is 9.72.